The van der Waals surface area contributed by atoms with Crippen molar-refractivity contribution in [3.8, 4) is 0 Å². The van der Waals surface area contributed by atoms with Gasteiger partial charge in [0.1, 0.15) is 0 Å². The molecule has 1 aromatic carbocycles. The summed E-state index contributed by atoms with van der Waals surface area (Å²) in [5.41, 5.74) is 1.16. The molecule has 0 spiro atoms. The average molecular weight is 263 g/mol. The van der Waals surface area contributed by atoms with Gasteiger partial charge in [-0.15, -0.1) is 0 Å². The molecule has 2 unspecified atom stereocenters. The lowest BCUT2D eigenvalue weighted by Crippen LogP contribution is -2.36. The Labute approximate surface area is 113 Å². The Kier molecular flexibility index (Phi) is 4.50. The van der Waals surface area contributed by atoms with Gasteiger partial charge in [0, 0.05) is 30.8 Å². The summed E-state index contributed by atoms with van der Waals surface area (Å²) in [6, 6.07) is 7.65. The van der Waals surface area contributed by atoms with Gasteiger partial charge < -0.3 is 5.32 Å². The van der Waals surface area contributed by atoms with Gasteiger partial charge in [-0.05, 0) is 38.9 Å². The zero-order chi connectivity index (χ0) is 13.8. The highest BCUT2D eigenvalue weighted by Gasteiger charge is 2.20. The molecule has 0 aromatic heterocycles. The highest BCUT2D eigenvalue weighted by Crippen LogP contribution is 2.23. The third kappa shape index (κ3) is 3.52. The summed E-state index contributed by atoms with van der Waals surface area (Å²) in [4.78, 5) is 12.7. The van der Waals surface area contributed by atoms with E-state index in [1.807, 2.05) is 6.07 Å². The first-order valence-corrected chi connectivity index (χ1v) is 6.76. The zero-order valence-corrected chi connectivity index (χ0v) is 11.5. The number of nitro groups is 1. The molecule has 1 N–H and O–H groups in total. The van der Waals surface area contributed by atoms with Gasteiger partial charge in [-0.25, -0.2) is 0 Å². The maximum Gasteiger partial charge on any atom is 0.269 e. The van der Waals surface area contributed by atoms with Crippen molar-refractivity contribution in [1.82, 2.24) is 10.2 Å². The lowest BCUT2D eigenvalue weighted by Gasteiger charge is -2.27. The Hall–Kier alpha value is -1.46. The number of rotatable bonds is 5. The van der Waals surface area contributed by atoms with Crippen molar-refractivity contribution in [3.63, 3.8) is 0 Å². The Morgan fingerprint density at radius 3 is 3.00 bits per heavy atom. The first-order valence-electron chi connectivity index (χ1n) is 6.76. The molecule has 0 bridgehead atoms. The number of likely N-dealkylation sites (N-methyl/N-ethyl adjacent to an activating group) is 1. The molecule has 1 aromatic rings. The normalized spacial score (nSPS) is 20.7. The fraction of sp³-hybridized carbons (Fsp3) is 0.571. The number of benzene rings is 1. The lowest BCUT2D eigenvalue weighted by atomic mass is 10.1. The van der Waals surface area contributed by atoms with E-state index in [-0.39, 0.29) is 16.7 Å². The van der Waals surface area contributed by atoms with E-state index in [0.717, 1.165) is 18.7 Å². The van der Waals surface area contributed by atoms with Crippen molar-refractivity contribution in [2.75, 3.05) is 20.1 Å². The predicted octanol–water partition coefficient (Wildman–Crippen LogP) is 2.34. The van der Waals surface area contributed by atoms with Gasteiger partial charge in [-0.2, -0.15) is 0 Å². The summed E-state index contributed by atoms with van der Waals surface area (Å²) in [6.45, 7) is 4.17. The molecular weight excluding hydrogens is 242 g/mol. The lowest BCUT2D eigenvalue weighted by molar-refractivity contribution is -0.384. The monoisotopic (exact) mass is 263 g/mol. The van der Waals surface area contributed by atoms with Crippen molar-refractivity contribution < 1.29 is 4.92 Å². The first kappa shape index (κ1) is 14.0. The second-order valence-corrected chi connectivity index (χ2v) is 5.26. The zero-order valence-electron chi connectivity index (χ0n) is 11.5. The topological polar surface area (TPSA) is 58.4 Å². The predicted molar refractivity (Wildman–Crippen MR) is 75.2 cm³/mol. The van der Waals surface area contributed by atoms with Crippen molar-refractivity contribution in [3.05, 3.63) is 39.9 Å². The van der Waals surface area contributed by atoms with Crippen LogP contribution in [0.2, 0.25) is 0 Å². The molecule has 0 aliphatic carbocycles. The minimum atomic E-state index is -0.339. The van der Waals surface area contributed by atoms with E-state index in [0.29, 0.717) is 6.04 Å². The molecular formula is C14H21N3O2. The van der Waals surface area contributed by atoms with Crippen molar-refractivity contribution >= 4 is 5.69 Å². The number of nitrogens with zero attached hydrogens (tertiary/aromatic N) is 2. The van der Waals surface area contributed by atoms with E-state index in [2.05, 4.69) is 24.2 Å². The quantitative estimate of drug-likeness (QED) is 0.654. The third-order valence-corrected chi connectivity index (χ3v) is 3.90. The molecule has 1 fully saturated rings. The number of hydrogen-bond acceptors (Lipinski definition) is 4. The fourth-order valence-electron chi connectivity index (χ4n) is 2.57. The first-order chi connectivity index (χ1) is 9.08. The Morgan fingerprint density at radius 2 is 2.37 bits per heavy atom. The molecule has 1 saturated heterocycles. The molecule has 5 heteroatoms. The molecule has 0 saturated carbocycles. The van der Waals surface area contributed by atoms with Crippen LogP contribution in [0, 0.1) is 10.1 Å². The van der Waals surface area contributed by atoms with Crippen molar-refractivity contribution in [2.24, 2.45) is 0 Å². The van der Waals surface area contributed by atoms with Gasteiger partial charge in [0.05, 0.1) is 4.92 Å². The summed E-state index contributed by atoms with van der Waals surface area (Å²) in [5.74, 6) is 0. The summed E-state index contributed by atoms with van der Waals surface area (Å²) in [6.07, 6.45) is 2.45. The van der Waals surface area contributed by atoms with E-state index < -0.39 is 0 Å². The van der Waals surface area contributed by atoms with Crippen molar-refractivity contribution in [1.29, 1.82) is 0 Å². The largest absolute Gasteiger partial charge is 0.313 e. The number of nitro benzene ring substituents is 1. The molecule has 5 nitrogen and oxygen atoms in total. The molecule has 2 atom stereocenters. The minimum absolute atomic E-state index is 0.164. The van der Waals surface area contributed by atoms with Crippen LogP contribution >= 0.6 is 0 Å². The maximum atomic E-state index is 10.8. The average Bonchev–Trinajstić information content (AvgIpc) is 2.90. The molecule has 1 aliphatic heterocycles. The fourth-order valence-corrected chi connectivity index (χ4v) is 2.57. The van der Waals surface area contributed by atoms with E-state index in [9.17, 15) is 10.1 Å². The van der Waals surface area contributed by atoms with Crippen LogP contribution < -0.4 is 5.32 Å². The Morgan fingerprint density at radius 1 is 1.58 bits per heavy atom. The summed E-state index contributed by atoms with van der Waals surface area (Å²) < 4.78 is 0. The maximum absolute atomic E-state index is 10.8. The van der Waals surface area contributed by atoms with Crippen LogP contribution in [0.15, 0.2) is 24.3 Å². The third-order valence-electron chi connectivity index (χ3n) is 3.90. The Balaban J connectivity index is 2.03. The standard InChI is InChI=1S/C14H21N3O2/c1-11(16(2)10-13-6-4-8-15-13)12-5-3-7-14(9-12)17(18)19/h3,5,7,9,11,13,15H,4,6,8,10H2,1-2H3. The van der Waals surface area contributed by atoms with Gasteiger partial charge >= 0.3 is 0 Å². The van der Waals surface area contributed by atoms with E-state index in [4.69, 9.17) is 0 Å². The minimum Gasteiger partial charge on any atom is -0.313 e. The van der Waals surface area contributed by atoms with Crippen molar-refractivity contribution in [2.45, 2.75) is 31.8 Å². The Bertz CT molecular complexity index is 444. The van der Waals surface area contributed by atoms with Gasteiger partial charge in [0.25, 0.3) is 5.69 Å². The smallest absolute Gasteiger partial charge is 0.269 e. The van der Waals surface area contributed by atoms with Crippen LogP contribution in [-0.4, -0.2) is 36.0 Å². The molecule has 2 rings (SSSR count). The van der Waals surface area contributed by atoms with E-state index in [1.165, 1.54) is 18.9 Å². The highest BCUT2D eigenvalue weighted by atomic mass is 16.6. The number of hydrogen-bond donors (Lipinski definition) is 1. The summed E-state index contributed by atoms with van der Waals surface area (Å²) in [7, 11) is 2.07. The molecule has 1 aliphatic rings. The highest BCUT2D eigenvalue weighted by molar-refractivity contribution is 5.35. The van der Waals surface area contributed by atoms with Gasteiger partial charge in [-0.3, -0.25) is 15.0 Å². The molecule has 1 heterocycles. The molecule has 0 amide bonds. The van der Waals surface area contributed by atoms with Crippen LogP contribution in [-0.2, 0) is 0 Å². The summed E-state index contributed by atoms with van der Waals surface area (Å²) in [5, 5.41) is 14.3. The van der Waals surface area contributed by atoms with E-state index >= 15 is 0 Å². The molecule has 0 radical (unpaired) electrons. The van der Waals surface area contributed by atoms with Gasteiger partial charge in [0.15, 0.2) is 0 Å². The van der Waals surface area contributed by atoms with Crippen LogP contribution in [0.3, 0.4) is 0 Å². The molecule has 19 heavy (non-hydrogen) atoms. The van der Waals surface area contributed by atoms with Crippen LogP contribution in [0.4, 0.5) is 5.69 Å². The number of non-ortho nitro benzene ring substituents is 1. The van der Waals surface area contributed by atoms with Crippen LogP contribution in [0.1, 0.15) is 31.4 Å². The van der Waals surface area contributed by atoms with E-state index in [1.54, 1.807) is 12.1 Å². The van der Waals surface area contributed by atoms with Crippen LogP contribution in [0.25, 0.3) is 0 Å². The molecule has 104 valence electrons. The SMILES string of the molecule is CC(c1cccc([N+](=O)[O-])c1)N(C)CC1CCCN1. The summed E-state index contributed by atoms with van der Waals surface area (Å²) >= 11 is 0. The van der Waals surface area contributed by atoms with Crippen LogP contribution in [0.5, 0.6) is 0 Å². The second-order valence-electron chi connectivity index (χ2n) is 5.26. The van der Waals surface area contributed by atoms with Gasteiger partial charge in [0.2, 0.25) is 0 Å². The second kappa shape index (κ2) is 6.12. The number of nitrogens with one attached hydrogen (secondary N) is 1. The van der Waals surface area contributed by atoms with Gasteiger partial charge in [-0.1, -0.05) is 12.1 Å².